The van der Waals surface area contributed by atoms with Crippen molar-refractivity contribution in [1.82, 2.24) is 10.6 Å². The summed E-state index contributed by atoms with van der Waals surface area (Å²) in [5, 5.41) is 21.7. The average Bonchev–Trinajstić information content (AvgIpc) is 2.40. The molecule has 11 heteroatoms. The molecule has 0 spiro atoms. The van der Waals surface area contributed by atoms with Gasteiger partial charge in [-0.1, -0.05) is 0 Å². The van der Waals surface area contributed by atoms with E-state index in [2.05, 4.69) is 10.6 Å². The summed E-state index contributed by atoms with van der Waals surface area (Å²) in [6.45, 7) is 1.35. The van der Waals surface area contributed by atoms with Crippen molar-refractivity contribution in [2.24, 2.45) is 11.5 Å². The first-order valence-electron chi connectivity index (χ1n) is 6.63. The number of carboxylic acids is 2. The SMILES string of the molecule is C[C@H](N)C(=O)N[C@@H](CC(N)=O)C(=O)N[C@@H](CCC(=O)O)C(=O)O. The summed E-state index contributed by atoms with van der Waals surface area (Å²) >= 11 is 0. The predicted octanol–water partition coefficient (Wildman–Crippen LogP) is -2.87. The van der Waals surface area contributed by atoms with E-state index in [1.807, 2.05) is 0 Å². The first-order chi connectivity index (χ1) is 10.5. The van der Waals surface area contributed by atoms with Crippen molar-refractivity contribution in [3.8, 4) is 0 Å². The highest BCUT2D eigenvalue weighted by atomic mass is 16.4. The van der Waals surface area contributed by atoms with Gasteiger partial charge in [-0.25, -0.2) is 4.79 Å². The van der Waals surface area contributed by atoms with E-state index in [0.29, 0.717) is 0 Å². The van der Waals surface area contributed by atoms with Crippen LogP contribution in [0.5, 0.6) is 0 Å². The molecule has 0 fully saturated rings. The van der Waals surface area contributed by atoms with Crippen molar-refractivity contribution in [3.63, 3.8) is 0 Å². The van der Waals surface area contributed by atoms with E-state index in [4.69, 9.17) is 21.7 Å². The molecule has 0 aromatic rings. The summed E-state index contributed by atoms with van der Waals surface area (Å²) in [5.41, 5.74) is 10.3. The van der Waals surface area contributed by atoms with Gasteiger partial charge in [-0.15, -0.1) is 0 Å². The number of hydrogen-bond acceptors (Lipinski definition) is 6. The van der Waals surface area contributed by atoms with Crippen LogP contribution in [-0.2, 0) is 24.0 Å². The summed E-state index contributed by atoms with van der Waals surface area (Å²) in [6.07, 6.45) is -1.40. The van der Waals surface area contributed by atoms with E-state index in [9.17, 15) is 24.0 Å². The highest BCUT2D eigenvalue weighted by molar-refractivity contribution is 5.94. The molecule has 0 aliphatic heterocycles. The molecule has 0 saturated heterocycles. The molecular formula is C12H20N4O7. The lowest BCUT2D eigenvalue weighted by molar-refractivity contribution is -0.143. The second-order valence-electron chi connectivity index (χ2n) is 4.85. The molecule has 0 aliphatic rings. The summed E-state index contributed by atoms with van der Waals surface area (Å²) in [5.74, 6) is -5.28. The summed E-state index contributed by atoms with van der Waals surface area (Å²) in [4.78, 5) is 56.0. The lowest BCUT2D eigenvalue weighted by Crippen LogP contribution is -2.55. The molecule has 0 heterocycles. The summed E-state index contributed by atoms with van der Waals surface area (Å²) in [7, 11) is 0. The van der Waals surface area contributed by atoms with Crippen molar-refractivity contribution >= 4 is 29.7 Å². The van der Waals surface area contributed by atoms with Gasteiger partial charge in [0.25, 0.3) is 0 Å². The van der Waals surface area contributed by atoms with Crippen LogP contribution in [0.4, 0.5) is 0 Å². The molecule has 0 aromatic carbocycles. The zero-order valence-electron chi connectivity index (χ0n) is 12.4. The van der Waals surface area contributed by atoms with E-state index in [-0.39, 0.29) is 6.42 Å². The maximum Gasteiger partial charge on any atom is 0.326 e. The van der Waals surface area contributed by atoms with Crippen molar-refractivity contribution < 1.29 is 34.2 Å². The topological polar surface area (TPSA) is 202 Å². The first-order valence-corrected chi connectivity index (χ1v) is 6.63. The van der Waals surface area contributed by atoms with E-state index in [0.717, 1.165) is 0 Å². The Hall–Kier alpha value is -2.69. The van der Waals surface area contributed by atoms with Gasteiger partial charge in [-0.2, -0.15) is 0 Å². The fourth-order valence-corrected chi connectivity index (χ4v) is 1.51. The Labute approximate surface area is 131 Å². The molecule has 3 amide bonds. The van der Waals surface area contributed by atoms with E-state index < -0.39 is 60.6 Å². The average molecular weight is 332 g/mol. The second-order valence-corrected chi connectivity index (χ2v) is 4.85. The van der Waals surface area contributed by atoms with Gasteiger partial charge in [0.05, 0.1) is 12.5 Å². The number of nitrogens with two attached hydrogens (primary N) is 2. The minimum absolute atomic E-state index is 0.360. The standard InChI is InChI=1S/C12H20N4O7/c1-5(13)10(20)16-7(4-8(14)17)11(21)15-6(12(22)23)2-3-9(18)19/h5-7H,2-4,13H2,1H3,(H2,14,17)(H,15,21)(H,16,20)(H,18,19)(H,22,23)/t5-,6-,7-/m0/s1. The van der Waals surface area contributed by atoms with Crippen LogP contribution in [0.15, 0.2) is 0 Å². The summed E-state index contributed by atoms with van der Waals surface area (Å²) < 4.78 is 0. The molecule has 130 valence electrons. The lowest BCUT2D eigenvalue weighted by Gasteiger charge is -2.21. The van der Waals surface area contributed by atoms with Crippen LogP contribution in [0.1, 0.15) is 26.2 Å². The maximum absolute atomic E-state index is 12.0. The van der Waals surface area contributed by atoms with E-state index in [1.165, 1.54) is 6.92 Å². The van der Waals surface area contributed by atoms with Crippen LogP contribution < -0.4 is 22.1 Å². The zero-order chi connectivity index (χ0) is 18.2. The molecule has 23 heavy (non-hydrogen) atoms. The Morgan fingerprint density at radius 3 is 1.91 bits per heavy atom. The number of aliphatic carboxylic acids is 2. The first kappa shape index (κ1) is 20.3. The lowest BCUT2D eigenvalue weighted by atomic mass is 10.1. The van der Waals surface area contributed by atoms with Gasteiger partial charge in [0, 0.05) is 6.42 Å². The quantitative estimate of drug-likeness (QED) is 0.245. The number of amides is 3. The molecular weight excluding hydrogens is 312 g/mol. The van der Waals surface area contributed by atoms with Gasteiger partial charge >= 0.3 is 11.9 Å². The number of primary amides is 1. The molecule has 8 N–H and O–H groups in total. The van der Waals surface area contributed by atoms with Gasteiger partial charge < -0.3 is 32.3 Å². The largest absolute Gasteiger partial charge is 0.481 e. The molecule has 0 bridgehead atoms. The molecule has 3 atom stereocenters. The molecule has 0 rings (SSSR count). The minimum atomic E-state index is -1.49. The van der Waals surface area contributed by atoms with E-state index in [1.54, 1.807) is 0 Å². The third kappa shape index (κ3) is 8.36. The maximum atomic E-state index is 12.0. The molecule has 11 nitrogen and oxygen atoms in total. The van der Waals surface area contributed by atoms with Crippen LogP contribution in [0.2, 0.25) is 0 Å². The monoisotopic (exact) mass is 332 g/mol. The Bertz CT molecular complexity index is 492. The Kier molecular flexibility index (Phi) is 8.26. The van der Waals surface area contributed by atoms with Crippen LogP contribution in [0.25, 0.3) is 0 Å². The van der Waals surface area contributed by atoms with Gasteiger partial charge in [0.15, 0.2) is 0 Å². The zero-order valence-corrected chi connectivity index (χ0v) is 12.4. The summed E-state index contributed by atoms with van der Waals surface area (Å²) in [6, 6.07) is -3.85. The third-order valence-corrected chi connectivity index (χ3v) is 2.71. The molecule has 0 aliphatic carbocycles. The molecule has 0 saturated carbocycles. The number of carbonyl (C=O) groups excluding carboxylic acids is 3. The van der Waals surface area contributed by atoms with Gasteiger partial charge in [-0.3, -0.25) is 19.2 Å². The smallest absolute Gasteiger partial charge is 0.326 e. The molecule has 0 unspecified atom stereocenters. The van der Waals surface area contributed by atoms with Crippen LogP contribution in [0.3, 0.4) is 0 Å². The number of nitrogens with one attached hydrogen (secondary N) is 2. The highest BCUT2D eigenvalue weighted by Gasteiger charge is 2.28. The Morgan fingerprint density at radius 2 is 1.52 bits per heavy atom. The normalized spacial score (nSPS) is 14.2. The van der Waals surface area contributed by atoms with Crippen molar-refractivity contribution in [2.45, 2.75) is 44.3 Å². The second kappa shape index (κ2) is 9.35. The van der Waals surface area contributed by atoms with Crippen LogP contribution in [-0.4, -0.2) is 58.0 Å². The van der Waals surface area contributed by atoms with Gasteiger partial charge in [-0.05, 0) is 13.3 Å². The van der Waals surface area contributed by atoms with Crippen LogP contribution in [0, 0.1) is 0 Å². The van der Waals surface area contributed by atoms with Crippen LogP contribution >= 0.6 is 0 Å². The highest BCUT2D eigenvalue weighted by Crippen LogP contribution is 2.01. The van der Waals surface area contributed by atoms with Crippen molar-refractivity contribution in [3.05, 3.63) is 0 Å². The van der Waals surface area contributed by atoms with Gasteiger partial charge in [0.1, 0.15) is 12.1 Å². The van der Waals surface area contributed by atoms with Crippen molar-refractivity contribution in [2.75, 3.05) is 0 Å². The van der Waals surface area contributed by atoms with E-state index >= 15 is 0 Å². The third-order valence-electron chi connectivity index (χ3n) is 2.71. The van der Waals surface area contributed by atoms with Gasteiger partial charge in [0.2, 0.25) is 17.7 Å². The number of carbonyl (C=O) groups is 5. The minimum Gasteiger partial charge on any atom is -0.481 e. The number of hydrogen-bond donors (Lipinski definition) is 6. The number of carboxylic acid groups (broad SMARTS) is 2. The fraction of sp³-hybridized carbons (Fsp3) is 0.583. The fourth-order valence-electron chi connectivity index (χ4n) is 1.51. The number of rotatable bonds is 10. The predicted molar refractivity (Wildman–Crippen MR) is 75.8 cm³/mol. The molecule has 0 aromatic heterocycles. The molecule has 0 radical (unpaired) electrons. The van der Waals surface area contributed by atoms with Crippen molar-refractivity contribution in [1.29, 1.82) is 0 Å². The Balaban J connectivity index is 4.96. The Morgan fingerprint density at radius 1 is 1.00 bits per heavy atom.